The molecule has 0 aromatic heterocycles. The van der Waals surface area contributed by atoms with Crippen LogP contribution in [0.1, 0.15) is 55.6 Å². The Hall–Kier alpha value is -3.35. The number of carbonyl (C=O) groups excluding carboxylic acids is 2. The Balaban J connectivity index is 1.15. The second kappa shape index (κ2) is 10.5. The third-order valence-corrected chi connectivity index (χ3v) is 6.62. The van der Waals surface area contributed by atoms with Gasteiger partial charge >= 0.3 is 12.1 Å². The Bertz CT molecular complexity index is 976. The Kier molecular flexibility index (Phi) is 7.27. The normalized spacial score (nSPS) is 18.9. The summed E-state index contributed by atoms with van der Waals surface area (Å²) in [5.74, 6) is -1.43. The minimum absolute atomic E-state index is 0.0251. The van der Waals surface area contributed by atoms with Gasteiger partial charge in [-0.3, -0.25) is 9.59 Å². The Morgan fingerprint density at radius 1 is 0.939 bits per heavy atom. The molecule has 7 nitrogen and oxygen atoms in total. The van der Waals surface area contributed by atoms with Gasteiger partial charge in [0.15, 0.2) is 0 Å². The molecule has 0 radical (unpaired) electrons. The van der Waals surface area contributed by atoms with Gasteiger partial charge in [0.05, 0.1) is 5.92 Å². The summed E-state index contributed by atoms with van der Waals surface area (Å²) < 4.78 is 5.51. The van der Waals surface area contributed by atoms with Crippen molar-refractivity contribution < 1.29 is 24.2 Å². The summed E-state index contributed by atoms with van der Waals surface area (Å²) in [6.45, 7) is 0.694. The largest absolute Gasteiger partial charge is 0.481 e. The van der Waals surface area contributed by atoms with E-state index in [-0.39, 0.29) is 24.5 Å². The second-order valence-corrected chi connectivity index (χ2v) is 8.76. The minimum Gasteiger partial charge on any atom is -0.481 e. The first-order valence-corrected chi connectivity index (χ1v) is 11.7. The van der Waals surface area contributed by atoms with Crippen LogP contribution < -0.4 is 10.6 Å². The van der Waals surface area contributed by atoms with E-state index in [2.05, 4.69) is 34.9 Å². The zero-order valence-corrected chi connectivity index (χ0v) is 18.6. The highest BCUT2D eigenvalue weighted by atomic mass is 16.5. The lowest BCUT2D eigenvalue weighted by molar-refractivity contribution is -0.142. The summed E-state index contributed by atoms with van der Waals surface area (Å²) in [5, 5.41) is 14.8. The third kappa shape index (κ3) is 5.35. The summed E-state index contributed by atoms with van der Waals surface area (Å²) in [4.78, 5) is 35.5. The number of carboxylic acid groups (broad SMARTS) is 1. The van der Waals surface area contributed by atoms with E-state index in [0.29, 0.717) is 38.6 Å². The average Bonchev–Trinajstić information content (AvgIpc) is 3.40. The van der Waals surface area contributed by atoms with Crippen LogP contribution in [0, 0.1) is 5.92 Å². The van der Waals surface area contributed by atoms with Crippen molar-refractivity contribution in [2.24, 2.45) is 5.92 Å². The quantitative estimate of drug-likeness (QED) is 0.500. The van der Waals surface area contributed by atoms with Gasteiger partial charge < -0.3 is 20.5 Å². The number of rotatable bonds is 9. The molecule has 2 aliphatic carbocycles. The number of unbranched alkanes of at least 4 members (excludes halogenated alkanes) is 1. The Morgan fingerprint density at radius 2 is 1.61 bits per heavy atom. The van der Waals surface area contributed by atoms with E-state index in [4.69, 9.17) is 4.74 Å². The summed E-state index contributed by atoms with van der Waals surface area (Å²) in [5.41, 5.74) is 4.72. The van der Waals surface area contributed by atoms with Crippen molar-refractivity contribution in [3.8, 4) is 11.1 Å². The summed E-state index contributed by atoms with van der Waals surface area (Å²) in [6.07, 6.45) is 3.26. The van der Waals surface area contributed by atoms with Crippen LogP contribution in [0.15, 0.2) is 48.5 Å². The molecule has 2 amide bonds. The molecule has 3 N–H and O–H groups in total. The second-order valence-electron chi connectivity index (χ2n) is 8.76. The SMILES string of the molecule is O=C(CCCCNC(=O)OCC1c2ccccc2-c2ccccc21)NC1CCCC1C(=O)O. The topological polar surface area (TPSA) is 105 Å². The maximum Gasteiger partial charge on any atom is 0.407 e. The predicted octanol–water partition coefficient (Wildman–Crippen LogP) is 4.06. The molecular formula is C26H30N2O5. The molecule has 0 saturated heterocycles. The van der Waals surface area contributed by atoms with E-state index in [1.807, 2.05) is 24.3 Å². The van der Waals surface area contributed by atoms with Gasteiger partial charge in [-0.25, -0.2) is 4.79 Å². The molecule has 0 aliphatic heterocycles. The molecule has 174 valence electrons. The molecule has 1 fully saturated rings. The van der Waals surface area contributed by atoms with Gasteiger partial charge in [-0.05, 0) is 47.9 Å². The van der Waals surface area contributed by atoms with Crippen molar-refractivity contribution in [3.05, 3.63) is 59.7 Å². The molecule has 0 spiro atoms. The van der Waals surface area contributed by atoms with Crippen LogP contribution in [-0.2, 0) is 14.3 Å². The number of amides is 2. The highest BCUT2D eigenvalue weighted by Crippen LogP contribution is 2.44. The number of carboxylic acids is 1. The number of benzene rings is 2. The number of aliphatic carboxylic acids is 1. The predicted molar refractivity (Wildman–Crippen MR) is 124 cm³/mol. The molecule has 4 rings (SSSR count). The highest BCUT2D eigenvalue weighted by molar-refractivity contribution is 5.79. The van der Waals surface area contributed by atoms with Gasteiger partial charge in [-0.2, -0.15) is 0 Å². The van der Waals surface area contributed by atoms with Crippen molar-refractivity contribution in [1.82, 2.24) is 10.6 Å². The number of alkyl carbamates (subject to hydrolysis) is 1. The van der Waals surface area contributed by atoms with Gasteiger partial charge in [0.2, 0.25) is 5.91 Å². The van der Waals surface area contributed by atoms with E-state index in [0.717, 1.165) is 6.42 Å². The molecule has 0 heterocycles. The first-order chi connectivity index (χ1) is 16.0. The molecule has 2 aromatic carbocycles. The van der Waals surface area contributed by atoms with Crippen molar-refractivity contribution >= 4 is 18.0 Å². The zero-order chi connectivity index (χ0) is 23.2. The standard InChI is InChI=1S/C26H30N2O5/c29-24(28-23-13-7-12-21(23)25(30)31)14-5-6-15-27-26(32)33-16-22-19-10-3-1-8-17(19)18-9-2-4-11-20(18)22/h1-4,8-11,21-23H,5-7,12-16H2,(H,27,32)(H,28,29)(H,30,31). The zero-order valence-electron chi connectivity index (χ0n) is 18.6. The molecule has 2 atom stereocenters. The smallest absolute Gasteiger partial charge is 0.407 e. The number of hydrogen-bond donors (Lipinski definition) is 3. The van der Waals surface area contributed by atoms with Gasteiger partial charge in [0.1, 0.15) is 6.61 Å². The van der Waals surface area contributed by atoms with E-state index >= 15 is 0 Å². The van der Waals surface area contributed by atoms with Gasteiger partial charge in [-0.15, -0.1) is 0 Å². The van der Waals surface area contributed by atoms with Crippen LogP contribution in [0.3, 0.4) is 0 Å². The van der Waals surface area contributed by atoms with Crippen LogP contribution in [0.25, 0.3) is 11.1 Å². The van der Waals surface area contributed by atoms with Gasteiger partial charge in [0.25, 0.3) is 0 Å². The molecule has 7 heteroatoms. The van der Waals surface area contributed by atoms with Crippen molar-refractivity contribution in [3.63, 3.8) is 0 Å². The first-order valence-electron chi connectivity index (χ1n) is 11.7. The van der Waals surface area contributed by atoms with Crippen LogP contribution in [0.4, 0.5) is 4.79 Å². The first kappa shape index (κ1) is 22.8. The Morgan fingerprint density at radius 3 is 2.27 bits per heavy atom. The lowest BCUT2D eigenvalue weighted by Crippen LogP contribution is -2.40. The fourth-order valence-electron chi connectivity index (χ4n) is 4.96. The van der Waals surface area contributed by atoms with Gasteiger partial charge in [-0.1, -0.05) is 55.0 Å². The molecule has 2 unspecified atom stereocenters. The van der Waals surface area contributed by atoms with Crippen LogP contribution >= 0.6 is 0 Å². The van der Waals surface area contributed by atoms with E-state index in [1.165, 1.54) is 22.3 Å². The summed E-state index contributed by atoms with van der Waals surface area (Å²) >= 11 is 0. The number of carbonyl (C=O) groups is 3. The fourth-order valence-corrected chi connectivity index (χ4v) is 4.96. The minimum atomic E-state index is -0.843. The fraction of sp³-hybridized carbons (Fsp3) is 0.423. The van der Waals surface area contributed by atoms with E-state index in [1.54, 1.807) is 0 Å². The van der Waals surface area contributed by atoms with Crippen molar-refractivity contribution in [2.45, 2.75) is 50.5 Å². The van der Waals surface area contributed by atoms with E-state index < -0.39 is 18.0 Å². The van der Waals surface area contributed by atoms with Crippen LogP contribution in [0.5, 0.6) is 0 Å². The number of fused-ring (bicyclic) bond motifs is 3. The maximum absolute atomic E-state index is 12.2. The molecule has 2 aliphatic rings. The number of nitrogens with one attached hydrogen (secondary N) is 2. The van der Waals surface area contributed by atoms with Crippen molar-refractivity contribution in [2.75, 3.05) is 13.2 Å². The lowest BCUT2D eigenvalue weighted by atomic mass is 9.98. The average molecular weight is 451 g/mol. The van der Waals surface area contributed by atoms with Crippen molar-refractivity contribution in [1.29, 1.82) is 0 Å². The monoisotopic (exact) mass is 450 g/mol. The van der Waals surface area contributed by atoms with Gasteiger partial charge in [0, 0.05) is 24.9 Å². The molecule has 2 aromatic rings. The summed E-state index contributed by atoms with van der Waals surface area (Å²) in [7, 11) is 0. The molecular weight excluding hydrogens is 420 g/mol. The molecule has 33 heavy (non-hydrogen) atoms. The van der Waals surface area contributed by atoms with Crippen LogP contribution in [0.2, 0.25) is 0 Å². The number of ether oxygens (including phenoxy) is 1. The molecule has 0 bridgehead atoms. The molecule has 1 saturated carbocycles. The maximum atomic E-state index is 12.2. The number of hydrogen-bond acceptors (Lipinski definition) is 4. The Labute approximate surface area is 193 Å². The lowest BCUT2D eigenvalue weighted by Gasteiger charge is -2.17. The van der Waals surface area contributed by atoms with Crippen LogP contribution in [-0.4, -0.2) is 42.3 Å². The highest BCUT2D eigenvalue weighted by Gasteiger charge is 2.33. The van der Waals surface area contributed by atoms with E-state index in [9.17, 15) is 19.5 Å². The third-order valence-electron chi connectivity index (χ3n) is 6.62. The summed E-state index contributed by atoms with van der Waals surface area (Å²) in [6, 6.07) is 16.1.